The van der Waals surface area contributed by atoms with E-state index in [4.69, 9.17) is 10.5 Å². The van der Waals surface area contributed by atoms with Crippen molar-refractivity contribution >= 4 is 11.3 Å². The highest BCUT2D eigenvalue weighted by atomic mass is 16.6. The number of aromatic nitrogens is 3. The third kappa shape index (κ3) is 1.77. The number of aliphatic hydroxyl groups excluding tert-OH is 3. The first-order valence-electron chi connectivity index (χ1n) is 6.42. The van der Waals surface area contributed by atoms with E-state index in [1.807, 2.05) is 0 Å². The van der Waals surface area contributed by atoms with Gasteiger partial charge in [-0.3, -0.25) is 0 Å². The Balaban J connectivity index is 2.19. The van der Waals surface area contributed by atoms with Crippen molar-refractivity contribution < 1.29 is 20.1 Å². The van der Waals surface area contributed by atoms with Gasteiger partial charge in [0, 0.05) is 0 Å². The number of anilines is 1. The Bertz CT molecular complexity index is 688. The van der Waals surface area contributed by atoms with Crippen LogP contribution in [0.4, 0.5) is 5.82 Å². The Morgan fingerprint density at radius 1 is 1.48 bits per heavy atom. The molecule has 2 aromatic heterocycles. The molecule has 8 nitrogen and oxygen atoms in total. The molecular weight excluding hydrogens is 276 g/mol. The van der Waals surface area contributed by atoms with E-state index in [0.29, 0.717) is 11.2 Å². The smallest absolute Gasteiger partial charge is 0.157 e. The van der Waals surface area contributed by atoms with Gasteiger partial charge in [0.1, 0.15) is 30.2 Å². The molecule has 1 fully saturated rings. The molecule has 1 aliphatic rings. The second-order valence-corrected chi connectivity index (χ2v) is 4.93. The van der Waals surface area contributed by atoms with E-state index in [1.54, 1.807) is 12.1 Å². The lowest BCUT2D eigenvalue weighted by Gasteiger charge is -2.28. The van der Waals surface area contributed by atoms with Gasteiger partial charge in [-0.05, 0) is 12.1 Å². The van der Waals surface area contributed by atoms with Gasteiger partial charge in [-0.2, -0.15) is 5.10 Å². The van der Waals surface area contributed by atoms with Crippen LogP contribution in [-0.4, -0.2) is 54.8 Å². The molecule has 1 unspecified atom stereocenters. The molecule has 8 heteroatoms. The van der Waals surface area contributed by atoms with Crippen molar-refractivity contribution in [2.45, 2.75) is 23.9 Å². The molecule has 0 bridgehead atoms. The minimum atomic E-state index is -1.39. The zero-order valence-electron chi connectivity index (χ0n) is 11.1. The summed E-state index contributed by atoms with van der Waals surface area (Å²) in [5, 5.41) is 33.7. The maximum Gasteiger partial charge on any atom is 0.157 e. The molecule has 2 aromatic rings. The number of nitrogens with two attached hydrogens (primary N) is 1. The lowest BCUT2D eigenvalue weighted by atomic mass is 9.91. The molecule has 0 saturated carbocycles. The fraction of sp³-hybridized carbons (Fsp3) is 0.385. The van der Waals surface area contributed by atoms with E-state index >= 15 is 0 Å². The van der Waals surface area contributed by atoms with Gasteiger partial charge in [0.2, 0.25) is 0 Å². The Morgan fingerprint density at radius 2 is 2.24 bits per heavy atom. The van der Waals surface area contributed by atoms with Crippen molar-refractivity contribution in [3.8, 4) is 0 Å². The predicted octanol–water partition coefficient (Wildman–Crippen LogP) is -1.19. The van der Waals surface area contributed by atoms with Gasteiger partial charge in [-0.25, -0.2) is 9.50 Å². The minimum Gasteiger partial charge on any atom is -0.394 e. The van der Waals surface area contributed by atoms with Crippen molar-refractivity contribution in [2.24, 2.45) is 0 Å². The number of aliphatic hydroxyl groups is 3. The zero-order valence-corrected chi connectivity index (χ0v) is 11.1. The molecular formula is C13H16N4O4. The van der Waals surface area contributed by atoms with Gasteiger partial charge in [0.05, 0.1) is 12.3 Å². The molecule has 3 heterocycles. The van der Waals surface area contributed by atoms with Crippen LogP contribution in [0.3, 0.4) is 0 Å². The predicted molar refractivity (Wildman–Crippen MR) is 73.2 cm³/mol. The van der Waals surface area contributed by atoms with Crippen LogP contribution in [0.1, 0.15) is 5.69 Å². The lowest BCUT2D eigenvalue weighted by Crippen LogP contribution is -2.40. The highest BCUT2D eigenvalue weighted by Gasteiger charge is 2.54. The molecule has 0 spiro atoms. The number of hydrogen-bond donors (Lipinski definition) is 4. The van der Waals surface area contributed by atoms with Gasteiger partial charge in [-0.1, -0.05) is 12.7 Å². The third-order valence-electron chi connectivity index (χ3n) is 3.86. The number of ether oxygens (including phenoxy) is 1. The van der Waals surface area contributed by atoms with Crippen molar-refractivity contribution in [1.29, 1.82) is 0 Å². The summed E-state index contributed by atoms with van der Waals surface area (Å²) in [6, 6.07) is 3.35. The van der Waals surface area contributed by atoms with E-state index in [2.05, 4.69) is 16.7 Å². The van der Waals surface area contributed by atoms with Crippen LogP contribution in [0.2, 0.25) is 0 Å². The lowest BCUT2D eigenvalue weighted by molar-refractivity contribution is -0.0691. The van der Waals surface area contributed by atoms with Crippen LogP contribution in [0.15, 0.2) is 31.1 Å². The molecule has 1 aliphatic heterocycles. The van der Waals surface area contributed by atoms with Gasteiger partial charge < -0.3 is 25.8 Å². The van der Waals surface area contributed by atoms with Crippen molar-refractivity contribution in [3.63, 3.8) is 0 Å². The summed E-state index contributed by atoms with van der Waals surface area (Å²) in [4.78, 5) is 3.89. The average molecular weight is 292 g/mol. The quantitative estimate of drug-likeness (QED) is 0.524. The summed E-state index contributed by atoms with van der Waals surface area (Å²) >= 11 is 0. The molecule has 21 heavy (non-hydrogen) atoms. The summed E-state index contributed by atoms with van der Waals surface area (Å²) in [7, 11) is 0. The molecule has 112 valence electrons. The van der Waals surface area contributed by atoms with E-state index in [0.717, 1.165) is 0 Å². The number of rotatable bonds is 3. The van der Waals surface area contributed by atoms with Gasteiger partial charge in [0.25, 0.3) is 0 Å². The molecule has 0 amide bonds. The summed E-state index contributed by atoms with van der Waals surface area (Å²) < 4.78 is 7.15. The van der Waals surface area contributed by atoms with E-state index in [9.17, 15) is 15.3 Å². The van der Waals surface area contributed by atoms with Gasteiger partial charge >= 0.3 is 0 Å². The topological polar surface area (TPSA) is 126 Å². The Morgan fingerprint density at radius 3 is 2.86 bits per heavy atom. The van der Waals surface area contributed by atoms with Crippen LogP contribution in [0.25, 0.3) is 5.52 Å². The van der Waals surface area contributed by atoms with Gasteiger partial charge in [-0.15, -0.1) is 0 Å². The monoisotopic (exact) mass is 292 g/mol. The highest BCUT2D eigenvalue weighted by Crippen LogP contribution is 2.41. The number of nitrogens with zero attached hydrogens (tertiary/aromatic N) is 3. The first-order valence-corrected chi connectivity index (χ1v) is 6.42. The molecule has 4 atom stereocenters. The normalized spacial score (nSPS) is 32.6. The van der Waals surface area contributed by atoms with Crippen LogP contribution in [0.5, 0.6) is 0 Å². The SMILES string of the molecule is C=C[C@@]1(c2ccc3c(N)ncnn23)OC(CO)[C@@H](O)[C@H]1O. The van der Waals surface area contributed by atoms with E-state index < -0.39 is 30.5 Å². The third-order valence-corrected chi connectivity index (χ3v) is 3.86. The number of nitrogen functional groups attached to an aromatic ring is 1. The maximum absolute atomic E-state index is 10.4. The van der Waals surface area contributed by atoms with Gasteiger partial charge in [0.15, 0.2) is 11.4 Å². The van der Waals surface area contributed by atoms with Crippen molar-refractivity contribution in [1.82, 2.24) is 14.6 Å². The molecule has 3 rings (SSSR count). The summed E-state index contributed by atoms with van der Waals surface area (Å²) in [5.74, 6) is 0.280. The van der Waals surface area contributed by atoms with Crippen LogP contribution >= 0.6 is 0 Å². The van der Waals surface area contributed by atoms with Crippen molar-refractivity contribution in [3.05, 3.63) is 36.8 Å². The number of fused-ring (bicyclic) bond motifs is 1. The van der Waals surface area contributed by atoms with E-state index in [-0.39, 0.29) is 5.82 Å². The average Bonchev–Trinajstić information content (AvgIpc) is 3.03. The Hall–Kier alpha value is -2.00. The molecule has 5 N–H and O–H groups in total. The van der Waals surface area contributed by atoms with E-state index in [1.165, 1.54) is 16.9 Å². The second kappa shape index (κ2) is 4.78. The standard InChI is InChI=1S/C13H16N4O4/c1-2-13(11(20)10(19)8(5-18)21-13)9-4-3-7-12(14)15-6-16-17(7)9/h2-4,6,8,10-11,18-20H,1,5H2,(H2,14,15,16)/t8?,10-,11-,13+/m1/s1. The second-order valence-electron chi connectivity index (χ2n) is 4.93. The molecule has 0 aliphatic carbocycles. The maximum atomic E-state index is 10.4. The first-order chi connectivity index (χ1) is 10.0. The van der Waals surface area contributed by atoms with Crippen LogP contribution in [-0.2, 0) is 10.3 Å². The largest absolute Gasteiger partial charge is 0.394 e. The minimum absolute atomic E-state index is 0.280. The van der Waals surface area contributed by atoms with Crippen molar-refractivity contribution in [2.75, 3.05) is 12.3 Å². The molecule has 0 radical (unpaired) electrons. The first kappa shape index (κ1) is 14.0. The summed E-state index contributed by atoms with van der Waals surface area (Å²) in [6.45, 7) is 3.27. The summed E-state index contributed by atoms with van der Waals surface area (Å²) in [5.41, 5.74) is 5.38. The Labute approximate surface area is 120 Å². The number of hydrogen-bond acceptors (Lipinski definition) is 7. The van der Waals surface area contributed by atoms with Crippen LogP contribution < -0.4 is 5.73 Å². The fourth-order valence-electron chi connectivity index (χ4n) is 2.73. The summed E-state index contributed by atoms with van der Waals surface area (Å²) in [6.07, 6.45) is -0.775. The van der Waals surface area contributed by atoms with Crippen LogP contribution in [0, 0.1) is 0 Å². The fourth-order valence-corrected chi connectivity index (χ4v) is 2.73. The Kier molecular flexibility index (Phi) is 3.18. The highest BCUT2D eigenvalue weighted by molar-refractivity contribution is 5.66. The zero-order chi connectivity index (χ0) is 15.2. The molecule has 0 aromatic carbocycles. The molecule has 1 saturated heterocycles.